The Morgan fingerprint density at radius 3 is 2.48 bits per heavy atom. The first kappa shape index (κ1) is 27.0. The molecule has 0 unspecified atom stereocenters. The quantitative estimate of drug-likeness (QED) is 0.225. The van der Waals surface area contributed by atoms with Crippen LogP contribution < -0.4 is 16.4 Å². The molecule has 0 aliphatic heterocycles. The number of carbonyl (C=O) groups is 1. The Kier molecular flexibility index (Phi) is 13.6. The predicted molar refractivity (Wildman–Crippen MR) is 133 cm³/mol. The molecule has 0 heterocycles. The lowest BCUT2D eigenvalue weighted by Gasteiger charge is -2.29. The summed E-state index contributed by atoms with van der Waals surface area (Å²) in [7, 11) is 0. The fraction of sp³-hybridized carbons (Fsp3) is 0.680. The number of Topliss-reactive ketones (excluding diaryl/α,β-unsaturated/α-hetero) is 1. The topological polar surface area (TPSA) is 82.8 Å². The maximum absolute atomic E-state index is 11.7. The van der Waals surface area contributed by atoms with E-state index in [1.54, 1.807) is 19.2 Å². The standard InChI is InChI=1S/C25H45N5O/c1-5-17-30(19-16-29-24(4)28-15-10-13-26)18-9-8-14-27-22(2)20-25(21-23(3)31)11-6-7-12-25/h10,13,15,27,29H,2,4-9,11-12,14,16-21,26H2,1,3H3/b13-10-,28-15-. The maximum atomic E-state index is 11.7. The Balaban J connectivity index is 2.23. The second-order valence-corrected chi connectivity index (χ2v) is 8.88. The van der Waals surface area contributed by atoms with E-state index in [1.165, 1.54) is 19.0 Å². The fourth-order valence-corrected chi connectivity index (χ4v) is 4.55. The predicted octanol–water partition coefficient (Wildman–Crippen LogP) is 4.12. The molecule has 0 radical (unpaired) electrons. The van der Waals surface area contributed by atoms with E-state index in [1.807, 2.05) is 0 Å². The molecular weight excluding hydrogens is 386 g/mol. The van der Waals surface area contributed by atoms with Gasteiger partial charge in [-0.1, -0.05) is 32.9 Å². The van der Waals surface area contributed by atoms with E-state index in [2.05, 4.69) is 40.6 Å². The Morgan fingerprint density at radius 2 is 1.84 bits per heavy atom. The highest BCUT2D eigenvalue weighted by atomic mass is 16.1. The third kappa shape index (κ3) is 12.4. The second kappa shape index (κ2) is 15.7. The van der Waals surface area contributed by atoms with Gasteiger partial charge >= 0.3 is 0 Å². The zero-order chi connectivity index (χ0) is 23.0. The average Bonchev–Trinajstić information content (AvgIpc) is 3.14. The molecule has 1 rings (SSSR count). The Hall–Kier alpha value is -2.08. The van der Waals surface area contributed by atoms with Crippen molar-refractivity contribution in [3.63, 3.8) is 0 Å². The summed E-state index contributed by atoms with van der Waals surface area (Å²) in [5.41, 5.74) is 6.54. The van der Waals surface area contributed by atoms with E-state index >= 15 is 0 Å². The molecule has 1 aliphatic rings. The van der Waals surface area contributed by atoms with Crippen molar-refractivity contribution in [2.45, 2.75) is 71.6 Å². The average molecular weight is 432 g/mol. The van der Waals surface area contributed by atoms with Crippen LogP contribution in [0.25, 0.3) is 0 Å². The number of unbranched alkanes of at least 4 members (excludes halogenated alkanes) is 1. The number of rotatable bonds is 18. The van der Waals surface area contributed by atoms with Gasteiger partial charge in [0.15, 0.2) is 0 Å². The van der Waals surface area contributed by atoms with Gasteiger partial charge in [0.25, 0.3) is 0 Å². The number of allylic oxidation sites excluding steroid dienone is 2. The van der Waals surface area contributed by atoms with Crippen molar-refractivity contribution < 1.29 is 4.79 Å². The highest BCUT2D eigenvalue weighted by molar-refractivity contribution is 5.76. The molecule has 1 saturated carbocycles. The molecule has 176 valence electrons. The summed E-state index contributed by atoms with van der Waals surface area (Å²) in [6.07, 6.45) is 14.6. The molecule has 0 aromatic rings. The number of nitrogens with zero attached hydrogens (tertiary/aromatic N) is 2. The molecule has 4 N–H and O–H groups in total. The molecule has 1 aliphatic carbocycles. The monoisotopic (exact) mass is 431 g/mol. The Labute approximate surface area is 190 Å². The van der Waals surface area contributed by atoms with Gasteiger partial charge in [0.2, 0.25) is 0 Å². The molecule has 0 aromatic carbocycles. The number of nitrogens with two attached hydrogens (primary N) is 1. The molecule has 0 amide bonds. The SMILES string of the molecule is C=C(CC1(CC(C)=O)CCCC1)NCCCCN(CCC)CCNC(=C)/N=C\C=C/N. The summed E-state index contributed by atoms with van der Waals surface area (Å²) < 4.78 is 0. The summed E-state index contributed by atoms with van der Waals surface area (Å²) >= 11 is 0. The molecule has 0 atom stereocenters. The van der Waals surface area contributed by atoms with Crippen molar-refractivity contribution in [2.75, 3.05) is 32.7 Å². The van der Waals surface area contributed by atoms with Gasteiger partial charge in [0.05, 0.1) is 0 Å². The highest BCUT2D eigenvalue weighted by Crippen LogP contribution is 2.45. The smallest absolute Gasteiger partial charge is 0.130 e. The lowest BCUT2D eigenvalue weighted by Crippen LogP contribution is -2.33. The second-order valence-electron chi connectivity index (χ2n) is 8.88. The summed E-state index contributed by atoms with van der Waals surface area (Å²) in [5.74, 6) is 0.963. The molecule has 0 saturated heterocycles. The van der Waals surface area contributed by atoms with Gasteiger partial charge in [-0.25, -0.2) is 4.99 Å². The fourth-order valence-electron chi connectivity index (χ4n) is 4.55. The largest absolute Gasteiger partial charge is 0.405 e. The van der Waals surface area contributed by atoms with Gasteiger partial charge in [0.1, 0.15) is 11.6 Å². The van der Waals surface area contributed by atoms with E-state index < -0.39 is 0 Å². The molecule has 31 heavy (non-hydrogen) atoms. The lowest BCUT2D eigenvalue weighted by atomic mass is 9.77. The molecule has 1 fully saturated rings. The summed E-state index contributed by atoms with van der Waals surface area (Å²) in [5, 5.41) is 6.76. The van der Waals surface area contributed by atoms with Crippen LogP contribution in [0.5, 0.6) is 0 Å². The first-order chi connectivity index (χ1) is 14.9. The number of hydrogen-bond donors (Lipinski definition) is 3. The van der Waals surface area contributed by atoms with Crippen molar-refractivity contribution in [1.29, 1.82) is 0 Å². The Morgan fingerprint density at radius 1 is 1.10 bits per heavy atom. The molecule has 6 heteroatoms. The number of aliphatic imine (C=N–C) groups is 1. The van der Waals surface area contributed by atoms with Crippen LogP contribution in [0.2, 0.25) is 0 Å². The number of ketones is 1. The van der Waals surface area contributed by atoms with Crippen LogP contribution >= 0.6 is 0 Å². The van der Waals surface area contributed by atoms with Gasteiger partial charge in [-0.15, -0.1) is 0 Å². The minimum absolute atomic E-state index is 0.162. The van der Waals surface area contributed by atoms with Gasteiger partial charge in [0, 0.05) is 38.0 Å². The van der Waals surface area contributed by atoms with Crippen LogP contribution in [0, 0.1) is 5.41 Å². The van der Waals surface area contributed by atoms with E-state index in [9.17, 15) is 4.79 Å². The molecule has 6 nitrogen and oxygen atoms in total. The minimum atomic E-state index is 0.162. The third-order valence-electron chi connectivity index (χ3n) is 5.88. The highest BCUT2D eigenvalue weighted by Gasteiger charge is 2.35. The van der Waals surface area contributed by atoms with E-state index in [4.69, 9.17) is 5.73 Å². The van der Waals surface area contributed by atoms with Gasteiger partial charge in [-0.2, -0.15) is 0 Å². The zero-order valence-electron chi connectivity index (χ0n) is 19.9. The maximum Gasteiger partial charge on any atom is 0.130 e. The first-order valence-electron chi connectivity index (χ1n) is 11.9. The van der Waals surface area contributed by atoms with Crippen LogP contribution in [0.3, 0.4) is 0 Å². The van der Waals surface area contributed by atoms with Crippen LogP contribution in [0.1, 0.15) is 71.6 Å². The van der Waals surface area contributed by atoms with Crippen LogP contribution in [0.15, 0.2) is 41.9 Å². The van der Waals surface area contributed by atoms with E-state index in [-0.39, 0.29) is 5.41 Å². The van der Waals surface area contributed by atoms with Gasteiger partial charge in [-0.05, 0) is 76.2 Å². The van der Waals surface area contributed by atoms with Gasteiger partial charge < -0.3 is 26.1 Å². The van der Waals surface area contributed by atoms with Gasteiger partial charge in [-0.3, -0.25) is 0 Å². The number of carbonyl (C=O) groups excluding carboxylic acids is 1. The van der Waals surface area contributed by atoms with Crippen molar-refractivity contribution in [3.05, 3.63) is 37.0 Å². The van der Waals surface area contributed by atoms with E-state index in [0.717, 1.165) is 76.9 Å². The molecular formula is C25H45N5O. The molecule has 0 aromatic heterocycles. The van der Waals surface area contributed by atoms with Crippen LogP contribution in [0.4, 0.5) is 0 Å². The Bertz CT molecular complexity index is 605. The zero-order valence-corrected chi connectivity index (χ0v) is 19.9. The summed E-state index contributed by atoms with van der Waals surface area (Å²) in [6.45, 7) is 17.0. The summed E-state index contributed by atoms with van der Waals surface area (Å²) in [4.78, 5) is 18.3. The van der Waals surface area contributed by atoms with Crippen molar-refractivity contribution in [2.24, 2.45) is 16.1 Å². The van der Waals surface area contributed by atoms with Crippen molar-refractivity contribution in [3.8, 4) is 0 Å². The summed E-state index contributed by atoms with van der Waals surface area (Å²) in [6, 6.07) is 0. The van der Waals surface area contributed by atoms with Crippen molar-refractivity contribution >= 4 is 12.0 Å². The number of nitrogens with one attached hydrogen (secondary N) is 2. The van der Waals surface area contributed by atoms with Crippen molar-refractivity contribution in [1.82, 2.24) is 15.5 Å². The first-order valence-corrected chi connectivity index (χ1v) is 11.9. The third-order valence-corrected chi connectivity index (χ3v) is 5.88. The van der Waals surface area contributed by atoms with Crippen LogP contribution in [-0.4, -0.2) is 49.6 Å². The number of hydrogen-bond acceptors (Lipinski definition) is 6. The molecule has 0 bridgehead atoms. The minimum Gasteiger partial charge on any atom is -0.405 e. The van der Waals surface area contributed by atoms with Crippen LogP contribution in [-0.2, 0) is 4.79 Å². The van der Waals surface area contributed by atoms with E-state index in [0.29, 0.717) is 18.0 Å². The molecule has 0 spiro atoms. The lowest BCUT2D eigenvalue weighted by molar-refractivity contribution is -0.119. The normalized spacial score (nSPS) is 15.7.